The van der Waals surface area contributed by atoms with Crippen LogP contribution >= 0.6 is 0 Å². The van der Waals surface area contributed by atoms with Gasteiger partial charge in [-0.25, -0.2) is 18.0 Å². The standard InChI is InChI=1S/C21H24F3N3O2/c1-14-19(23)16(22)13-17(20(14)24)27-11-9-26(10-12-27)8-7-18(29-21(25)28)15-5-3-2-4-6-15/h2-6,13,18H,7-12H2,1H3,(H2,25,28). The topological polar surface area (TPSA) is 58.8 Å². The van der Waals surface area contributed by atoms with Gasteiger partial charge in [-0.3, -0.25) is 4.90 Å². The van der Waals surface area contributed by atoms with E-state index >= 15 is 0 Å². The van der Waals surface area contributed by atoms with Crippen molar-refractivity contribution in [3.05, 3.63) is 65.0 Å². The molecule has 29 heavy (non-hydrogen) atoms. The molecule has 1 aliphatic heterocycles. The minimum Gasteiger partial charge on any atom is -0.441 e. The van der Waals surface area contributed by atoms with E-state index in [1.807, 2.05) is 30.3 Å². The first-order chi connectivity index (χ1) is 13.9. The molecule has 0 saturated carbocycles. The number of carbonyl (C=O) groups is 1. The number of primary amides is 1. The van der Waals surface area contributed by atoms with Gasteiger partial charge in [-0.2, -0.15) is 0 Å². The number of ether oxygens (including phenoxy) is 1. The average Bonchev–Trinajstić information content (AvgIpc) is 2.73. The lowest BCUT2D eigenvalue weighted by molar-refractivity contribution is 0.0910. The van der Waals surface area contributed by atoms with E-state index in [2.05, 4.69) is 4.90 Å². The second-order valence-electron chi connectivity index (χ2n) is 7.08. The van der Waals surface area contributed by atoms with Crippen LogP contribution in [0.2, 0.25) is 0 Å². The van der Waals surface area contributed by atoms with Crippen LogP contribution in [0.3, 0.4) is 0 Å². The predicted octanol–water partition coefficient (Wildman–Crippen LogP) is 3.76. The summed E-state index contributed by atoms with van der Waals surface area (Å²) >= 11 is 0. The van der Waals surface area contributed by atoms with Gasteiger partial charge >= 0.3 is 6.09 Å². The molecule has 2 N–H and O–H groups in total. The van der Waals surface area contributed by atoms with Crippen molar-refractivity contribution >= 4 is 11.8 Å². The fourth-order valence-corrected chi connectivity index (χ4v) is 3.56. The van der Waals surface area contributed by atoms with Crippen molar-refractivity contribution in [1.29, 1.82) is 0 Å². The first-order valence-corrected chi connectivity index (χ1v) is 9.49. The molecule has 1 unspecified atom stereocenters. The number of hydrogen-bond acceptors (Lipinski definition) is 4. The van der Waals surface area contributed by atoms with Gasteiger partial charge in [0.05, 0.1) is 5.69 Å². The third-order valence-electron chi connectivity index (χ3n) is 5.21. The maximum Gasteiger partial charge on any atom is 0.405 e. The molecule has 0 radical (unpaired) electrons. The Morgan fingerprint density at radius 2 is 1.76 bits per heavy atom. The van der Waals surface area contributed by atoms with Gasteiger partial charge in [0.25, 0.3) is 0 Å². The number of rotatable bonds is 6. The van der Waals surface area contributed by atoms with E-state index in [-0.39, 0.29) is 11.3 Å². The number of benzene rings is 2. The van der Waals surface area contributed by atoms with Gasteiger partial charge in [-0.05, 0) is 12.5 Å². The first-order valence-electron chi connectivity index (χ1n) is 9.49. The Morgan fingerprint density at radius 1 is 1.10 bits per heavy atom. The lowest BCUT2D eigenvalue weighted by Crippen LogP contribution is -2.47. The Labute approximate surface area is 167 Å². The van der Waals surface area contributed by atoms with Crippen LogP contribution in [0.15, 0.2) is 36.4 Å². The number of amides is 1. The van der Waals surface area contributed by atoms with Crippen molar-refractivity contribution in [3.63, 3.8) is 0 Å². The number of nitrogens with two attached hydrogens (primary N) is 1. The Hall–Kier alpha value is -2.74. The summed E-state index contributed by atoms with van der Waals surface area (Å²) in [5.74, 6) is -2.92. The van der Waals surface area contributed by atoms with Gasteiger partial charge in [0, 0.05) is 50.8 Å². The molecule has 0 spiro atoms. The van der Waals surface area contributed by atoms with Crippen LogP contribution in [0.25, 0.3) is 0 Å². The van der Waals surface area contributed by atoms with Crippen LogP contribution in [0, 0.1) is 24.4 Å². The minimum absolute atomic E-state index is 0.0836. The molecule has 8 heteroatoms. The van der Waals surface area contributed by atoms with E-state index in [4.69, 9.17) is 10.5 Å². The number of hydrogen-bond donors (Lipinski definition) is 1. The summed E-state index contributed by atoms with van der Waals surface area (Å²) in [7, 11) is 0. The molecule has 1 saturated heterocycles. The number of anilines is 1. The summed E-state index contributed by atoms with van der Waals surface area (Å²) in [6.07, 6.45) is -0.711. The molecule has 0 aromatic heterocycles. The average molecular weight is 407 g/mol. The molecule has 156 valence electrons. The summed E-state index contributed by atoms with van der Waals surface area (Å²) < 4.78 is 46.8. The second-order valence-corrected chi connectivity index (χ2v) is 7.08. The highest BCUT2D eigenvalue weighted by molar-refractivity contribution is 5.65. The van der Waals surface area contributed by atoms with Crippen molar-refractivity contribution in [1.82, 2.24) is 4.90 Å². The van der Waals surface area contributed by atoms with Crippen LogP contribution in [0.5, 0.6) is 0 Å². The summed E-state index contributed by atoms with van der Waals surface area (Å²) in [4.78, 5) is 15.1. The van der Waals surface area contributed by atoms with Gasteiger partial charge in [-0.1, -0.05) is 30.3 Å². The van der Waals surface area contributed by atoms with E-state index in [0.717, 1.165) is 11.6 Å². The van der Waals surface area contributed by atoms with Crippen molar-refractivity contribution in [2.24, 2.45) is 5.73 Å². The molecule has 1 fully saturated rings. The predicted molar refractivity (Wildman–Crippen MR) is 104 cm³/mol. The van der Waals surface area contributed by atoms with Crippen molar-refractivity contribution in [3.8, 4) is 0 Å². The molecular formula is C21H24F3N3O2. The maximum atomic E-state index is 14.4. The van der Waals surface area contributed by atoms with E-state index in [1.165, 1.54) is 6.92 Å². The van der Waals surface area contributed by atoms with E-state index < -0.39 is 29.6 Å². The van der Waals surface area contributed by atoms with Crippen LogP contribution in [-0.2, 0) is 4.74 Å². The van der Waals surface area contributed by atoms with E-state index in [9.17, 15) is 18.0 Å². The first kappa shape index (κ1) is 21.0. The van der Waals surface area contributed by atoms with Gasteiger partial charge < -0.3 is 15.4 Å². The second kappa shape index (κ2) is 9.17. The molecule has 1 aliphatic rings. The van der Waals surface area contributed by atoms with Gasteiger partial charge in [0.2, 0.25) is 0 Å². The smallest absolute Gasteiger partial charge is 0.405 e. The van der Waals surface area contributed by atoms with Crippen LogP contribution < -0.4 is 10.6 Å². The molecule has 2 aromatic rings. The molecule has 2 aromatic carbocycles. The molecule has 3 rings (SSSR count). The van der Waals surface area contributed by atoms with E-state index in [1.54, 1.807) is 4.90 Å². The van der Waals surface area contributed by atoms with Gasteiger partial charge in [0.1, 0.15) is 6.10 Å². The zero-order valence-corrected chi connectivity index (χ0v) is 16.2. The molecular weight excluding hydrogens is 383 g/mol. The Kier molecular flexibility index (Phi) is 6.64. The van der Waals surface area contributed by atoms with E-state index in [0.29, 0.717) is 39.1 Å². The normalized spacial score (nSPS) is 15.9. The number of piperazine rings is 1. The largest absolute Gasteiger partial charge is 0.441 e. The number of halogens is 3. The Bertz CT molecular complexity index is 856. The minimum atomic E-state index is -1.15. The zero-order valence-electron chi connectivity index (χ0n) is 16.2. The lowest BCUT2D eigenvalue weighted by atomic mass is 10.1. The third-order valence-corrected chi connectivity index (χ3v) is 5.21. The monoisotopic (exact) mass is 407 g/mol. The highest BCUT2D eigenvalue weighted by Crippen LogP contribution is 2.28. The number of carbonyl (C=O) groups excluding carboxylic acids is 1. The third kappa shape index (κ3) is 5.00. The molecule has 5 nitrogen and oxygen atoms in total. The van der Waals surface area contributed by atoms with Crippen molar-refractivity contribution in [2.45, 2.75) is 19.4 Å². The number of nitrogens with zero attached hydrogens (tertiary/aromatic N) is 2. The molecule has 0 aliphatic carbocycles. The molecule has 1 amide bonds. The fourth-order valence-electron chi connectivity index (χ4n) is 3.56. The highest BCUT2D eigenvalue weighted by atomic mass is 19.2. The van der Waals surface area contributed by atoms with Crippen molar-refractivity contribution in [2.75, 3.05) is 37.6 Å². The zero-order chi connectivity index (χ0) is 21.0. The van der Waals surface area contributed by atoms with Crippen LogP contribution in [0.1, 0.15) is 23.7 Å². The molecule has 0 bridgehead atoms. The quantitative estimate of drug-likeness (QED) is 0.741. The highest BCUT2D eigenvalue weighted by Gasteiger charge is 2.24. The van der Waals surface area contributed by atoms with Crippen molar-refractivity contribution < 1.29 is 22.7 Å². The Morgan fingerprint density at radius 3 is 2.38 bits per heavy atom. The summed E-state index contributed by atoms with van der Waals surface area (Å²) in [6.45, 7) is 4.09. The molecule has 1 heterocycles. The van der Waals surface area contributed by atoms with Gasteiger partial charge in [-0.15, -0.1) is 0 Å². The molecule has 1 atom stereocenters. The van der Waals surface area contributed by atoms with Gasteiger partial charge in [0.15, 0.2) is 17.5 Å². The SMILES string of the molecule is Cc1c(F)c(F)cc(N2CCN(CCC(OC(N)=O)c3ccccc3)CC2)c1F. The lowest BCUT2D eigenvalue weighted by Gasteiger charge is -2.36. The fraction of sp³-hybridized carbons (Fsp3) is 0.381. The summed E-state index contributed by atoms with van der Waals surface area (Å²) in [5, 5.41) is 0. The summed E-state index contributed by atoms with van der Waals surface area (Å²) in [6, 6.07) is 10.3. The summed E-state index contributed by atoms with van der Waals surface area (Å²) in [5.41, 5.74) is 5.84. The van der Waals surface area contributed by atoms with Crippen LogP contribution in [0.4, 0.5) is 23.7 Å². The van der Waals surface area contributed by atoms with Crippen LogP contribution in [-0.4, -0.2) is 43.7 Å². The Balaban J connectivity index is 1.59. The maximum absolute atomic E-state index is 14.4.